The van der Waals surface area contributed by atoms with Crippen molar-refractivity contribution in [1.29, 1.82) is 0 Å². The predicted molar refractivity (Wildman–Crippen MR) is 74.3 cm³/mol. The van der Waals surface area contributed by atoms with Crippen molar-refractivity contribution in [2.75, 3.05) is 18.5 Å². The van der Waals surface area contributed by atoms with E-state index in [0.717, 1.165) is 23.4 Å². The minimum absolute atomic E-state index is 0.175. The lowest BCUT2D eigenvalue weighted by Crippen LogP contribution is -2.37. The highest BCUT2D eigenvalue weighted by molar-refractivity contribution is 7.97. The molecule has 0 atom stereocenters. The van der Waals surface area contributed by atoms with Crippen LogP contribution in [-0.4, -0.2) is 24.7 Å². The molecule has 1 N–H and O–H groups in total. The molecule has 1 heterocycles. The van der Waals surface area contributed by atoms with Crippen LogP contribution in [-0.2, 0) is 17.6 Å². The number of fused-ring (bicyclic) bond motifs is 1. The van der Waals surface area contributed by atoms with Crippen molar-refractivity contribution < 1.29 is 9.59 Å². The number of nitrogens with one attached hydrogen (secondary N) is 1. The number of rotatable bonds is 3. The van der Waals surface area contributed by atoms with Crippen LogP contribution in [0.3, 0.4) is 0 Å². The first kappa shape index (κ1) is 13.1. The van der Waals surface area contributed by atoms with Crippen molar-refractivity contribution in [3.05, 3.63) is 29.3 Å². The number of anilines is 1. The molecule has 0 radical (unpaired) electrons. The molecule has 1 aliphatic heterocycles. The fraction of sp³-hybridized carbons (Fsp3) is 0.385. The zero-order valence-electron chi connectivity index (χ0n) is 10.3. The monoisotopic (exact) mass is 264 g/mol. The van der Waals surface area contributed by atoms with Crippen LogP contribution in [0.25, 0.3) is 0 Å². The summed E-state index contributed by atoms with van der Waals surface area (Å²) >= 11 is 3.76. The van der Waals surface area contributed by atoms with E-state index in [9.17, 15) is 9.59 Å². The second-order valence-electron chi connectivity index (χ2n) is 4.33. The molecular formula is C13H16N2O2S. The van der Waals surface area contributed by atoms with Gasteiger partial charge in [0.25, 0.3) is 5.24 Å². The summed E-state index contributed by atoms with van der Waals surface area (Å²) in [5.74, 6) is -0.175. The summed E-state index contributed by atoms with van der Waals surface area (Å²) in [6.07, 6.45) is 2.00. The summed E-state index contributed by atoms with van der Waals surface area (Å²) in [6.45, 7) is 0.910. The van der Waals surface area contributed by atoms with Gasteiger partial charge < -0.3 is 5.32 Å². The number of benzene rings is 1. The fourth-order valence-corrected chi connectivity index (χ4v) is 2.40. The number of imide groups is 1. The highest BCUT2D eigenvalue weighted by Crippen LogP contribution is 2.29. The molecule has 96 valence electrons. The number of carbonyl (C=O) groups excluding carboxylic acids is 2. The SMILES string of the molecule is CNCCc1ccc2c(c1)CCC(=O)N2C(=O)S. The van der Waals surface area contributed by atoms with Crippen molar-refractivity contribution in [1.82, 2.24) is 5.32 Å². The number of nitrogens with zero attached hydrogens (tertiary/aromatic N) is 1. The van der Waals surface area contributed by atoms with Gasteiger partial charge in [-0.05, 0) is 43.6 Å². The van der Waals surface area contributed by atoms with Gasteiger partial charge in [-0.1, -0.05) is 24.8 Å². The maximum atomic E-state index is 11.7. The molecule has 1 aromatic carbocycles. The lowest BCUT2D eigenvalue weighted by Gasteiger charge is -2.26. The van der Waals surface area contributed by atoms with Gasteiger partial charge in [-0.15, -0.1) is 0 Å². The van der Waals surface area contributed by atoms with Gasteiger partial charge in [0, 0.05) is 6.42 Å². The first-order valence-electron chi connectivity index (χ1n) is 5.95. The molecule has 0 saturated carbocycles. The molecule has 2 rings (SSSR count). The topological polar surface area (TPSA) is 49.4 Å². The molecule has 5 heteroatoms. The maximum absolute atomic E-state index is 11.7. The van der Waals surface area contributed by atoms with E-state index < -0.39 is 5.24 Å². The number of likely N-dealkylation sites (N-methyl/N-ethyl adjacent to an activating group) is 1. The van der Waals surface area contributed by atoms with Gasteiger partial charge in [-0.3, -0.25) is 9.59 Å². The Morgan fingerprint density at radius 3 is 2.89 bits per heavy atom. The Bertz CT molecular complexity index is 488. The first-order valence-corrected chi connectivity index (χ1v) is 6.40. The van der Waals surface area contributed by atoms with E-state index in [4.69, 9.17) is 0 Å². The minimum Gasteiger partial charge on any atom is -0.319 e. The molecule has 0 aromatic heterocycles. The Morgan fingerprint density at radius 2 is 2.22 bits per heavy atom. The van der Waals surface area contributed by atoms with Crippen LogP contribution in [0.1, 0.15) is 17.5 Å². The fourth-order valence-electron chi connectivity index (χ4n) is 2.18. The predicted octanol–water partition coefficient (Wildman–Crippen LogP) is 1.78. The second kappa shape index (κ2) is 5.54. The van der Waals surface area contributed by atoms with Crippen LogP contribution in [0.15, 0.2) is 18.2 Å². The largest absolute Gasteiger partial charge is 0.319 e. The average Bonchev–Trinajstić information content (AvgIpc) is 2.35. The van der Waals surface area contributed by atoms with Crippen LogP contribution in [0.2, 0.25) is 0 Å². The molecule has 1 aromatic rings. The standard InChI is InChI=1S/C13H16N2O2S/c1-14-7-6-9-2-4-11-10(8-9)3-5-12(16)15(11)13(17)18/h2,4,8,14H,3,5-7H2,1H3,(H,17,18). The molecule has 0 fully saturated rings. The third-order valence-electron chi connectivity index (χ3n) is 3.10. The van der Waals surface area contributed by atoms with Crippen LogP contribution in [0, 0.1) is 0 Å². The minimum atomic E-state index is -0.510. The van der Waals surface area contributed by atoms with Crippen molar-refractivity contribution in [3.63, 3.8) is 0 Å². The van der Waals surface area contributed by atoms with E-state index >= 15 is 0 Å². The summed E-state index contributed by atoms with van der Waals surface area (Å²) in [6, 6.07) is 5.87. The van der Waals surface area contributed by atoms with Gasteiger partial charge in [0.15, 0.2) is 0 Å². The van der Waals surface area contributed by atoms with E-state index in [2.05, 4.69) is 24.0 Å². The molecule has 4 nitrogen and oxygen atoms in total. The number of thiol groups is 1. The smallest absolute Gasteiger partial charge is 0.289 e. The van der Waals surface area contributed by atoms with Crippen LogP contribution in [0.5, 0.6) is 0 Å². The number of hydrogen-bond acceptors (Lipinski definition) is 3. The van der Waals surface area contributed by atoms with Crippen LogP contribution >= 0.6 is 12.6 Å². The number of amides is 2. The van der Waals surface area contributed by atoms with E-state index in [-0.39, 0.29) is 5.91 Å². The normalized spacial score (nSPS) is 14.6. The Balaban J connectivity index is 2.31. The maximum Gasteiger partial charge on any atom is 0.289 e. The van der Waals surface area contributed by atoms with Crippen molar-refractivity contribution in [2.24, 2.45) is 0 Å². The summed E-state index contributed by atoms with van der Waals surface area (Å²) in [7, 11) is 1.92. The van der Waals surface area contributed by atoms with Crippen molar-refractivity contribution >= 4 is 29.5 Å². The van der Waals surface area contributed by atoms with E-state index in [1.54, 1.807) is 0 Å². The quantitative estimate of drug-likeness (QED) is 0.818. The highest BCUT2D eigenvalue weighted by Gasteiger charge is 2.27. The zero-order chi connectivity index (χ0) is 13.1. The van der Waals surface area contributed by atoms with Gasteiger partial charge in [0.05, 0.1) is 5.69 Å². The molecule has 0 saturated heterocycles. The first-order chi connectivity index (χ1) is 8.63. The molecule has 0 unspecified atom stereocenters. The van der Waals surface area contributed by atoms with Crippen LogP contribution in [0.4, 0.5) is 10.5 Å². The average molecular weight is 264 g/mol. The molecule has 2 amide bonds. The summed E-state index contributed by atoms with van der Waals surface area (Å²) in [4.78, 5) is 24.2. The zero-order valence-corrected chi connectivity index (χ0v) is 11.2. The molecular weight excluding hydrogens is 248 g/mol. The van der Waals surface area contributed by atoms with Gasteiger partial charge >= 0.3 is 0 Å². The molecule has 0 spiro atoms. The van der Waals surface area contributed by atoms with Crippen LogP contribution < -0.4 is 10.2 Å². The third kappa shape index (κ3) is 2.57. The summed E-state index contributed by atoms with van der Waals surface area (Å²) in [5.41, 5.74) is 2.94. The Kier molecular flexibility index (Phi) is 4.04. The van der Waals surface area contributed by atoms with Gasteiger partial charge in [-0.25, -0.2) is 4.90 Å². The van der Waals surface area contributed by atoms with Crippen molar-refractivity contribution in [3.8, 4) is 0 Å². The second-order valence-corrected chi connectivity index (χ2v) is 4.71. The Labute approximate surface area is 112 Å². The molecule has 0 aliphatic carbocycles. The number of carbonyl (C=O) groups is 2. The number of hydrogen-bond donors (Lipinski definition) is 2. The molecule has 18 heavy (non-hydrogen) atoms. The number of aryl methyl sites for hydroxylation is 1. The Morgan fingerprint density at radius 1 is 1.44 bits per heavy atom. The van der Waals surface area contributed by atoms with Gasteiger partial charge in [-0.2, -0.15) is 0 Å². The third-order valence-corrected chi connectivity index (χ3v) is 3.30. The van der Waals surface area contributed by atoms with Gasteiger partial charge in [0.2, 0.25) is 5.91 Å². The van der Waals surface area contributed by atoms with E-state index in [1.807, 2.05) is 19.2 Å². The van der Waals surface area contributed by atoms with Gasteiger partial charge in [0.1, 0.15) is 0 Å². The van der Waals surface area contributed by atoms with Crippen molar-refractivity contribution in [2.45, 2.75) is 19.3 Å². The highest BCUT2D eigenvalue weighted by atomic mass is 32.1. The van der Waals surface area contributed by atoms with E-state index in [1.165, 1.54) is 5.56 Å². The lowest BCUT2D eigenvalue weighted by atomic mass is 9.98. The Hall–Kier alpha value is -1.33. The van der Waals surface area contributed by atoms with E-state index in [0.29, 0.717) is 18.5 Å². The summed E-state index contributed by atoms with van der Waals surface area (Å²) < 4.78 is 0. The molecule has 0 bridgehead atoms. The lowest BCUT2D eigenvalue weighted by molar-refractivity contribution is -0.118. The summed E-state index contributed by atoms with van der Waals surface area (Å²) in [5, 5.41) is 2.59. The molecule has 1 aliphatic rings.